The molecule has 0 aliphatic heterocycles. The smallest absolute Gasteiger partial charge is 0.145 e. The fraction of sp³-hybridized carbons (Fsp3) is 1.00. The Labute approximate surface area is 80.4 Å². The third kappa shape index (κ3) is 6.86. The molecular formula is C10H24OSi. The summed E-state index contributed by atoms with van der Waals surface area (Å²) in [7, 11) is 0.905. The molecule has 0 aromatic heterocycles. The first-order valence-corrected chi connectivity index (χ1v) is 6.15. The summed E-state index contributed by atoms with van der Waals surface area (Å²) in [6, 6.07) is 0. The molecule has 0 atom stereocenters. The van der Waals surface area contributed by atoms with E-state index in [-0.39, 0.29) is 0 Å². The lowest BCUT2D eigenvalue weighted by Crippen LogP contribution is -1.97. The minimum Gasteiger partial charge on any atom is -0.428 e. The first kappa shape index (κ1) is 12.2. The van der Waals surface area contributed by atoms with Gasteiger partial charge in [-0.25, -0.2) is 0 Å². The first-order chi connectivity index (χ1) is 5.85. The maximum Gasteiger partial charge on any atom is 0.145 e. The van der Waals surface area contributed by atoms with Crippen molar-refractivity contribution in [1.29, 1.82) is 0 Å². The Kier molecular flexibility index (Phi) is 9.40. The average molecular weight is 188 g/mol. The standard InChI is InChI=1S/C10H24OSi/c1-3-10(4-2)8-6-5-7-9-11-12/h10H,3-9H2,1-2,12H3. The molecule has 0 radical (unpaired) electrons. The van der Waals surface area contributed by atoms with E-state index < -0.39 is 0 Å². The second-order valence-corrected chi connectivity index (χ2v) is 4.10. The molecule has 0 N–H and O–H groups in total. The molecule has 12 heavy (non-hydrogen) atoms. The van der Waals surface area contributed by atoms with Crippen LogP contribution in [0.5, 0.6) is 0 Å². The molecule has 0 heterocycles. The Hall–Kier alpha value is 0.177. The lowest BCUT2D eigenvalue weighted by Gasteiger charge is -2.10. The summed E-state index contributed by atoms with van der Waals surface area (Å²) in [5, 5.41) is 0. The van der Waals surface area contributed by atoms with E-state index in [1.54, 1.807) is 0 Å². The highest BCUT2D eigenvalue weighted by molar-refractivity contribution is 5.97. The minimum absolute atomic E-state index is 0.905. The zero-order chi connectivity index (χ0) is 9.23. The average Bonchev–Trinajstić information content (AvgIpc) is 2.11. The van der Waals surface area contributed by atoms with E-state index in [1.165, 1.54) is 38.5 Å². The van der Waals surface area contributed by atoms with Gasteiger partial charge in [-0.1, -0.05) is 46.0 Å². The molecule has 74 valence electrons. The maximum absolute atomic E-state index is 5.14. The van der Waals surface area contributed by atoms with Crippen molar-refractivity contribution >= 4 is 10.5 Å². The normalized spacial score (nSPS) is 11.2. The highest BCUT2D eigenvalue weighted by atomic mass is 28.2. The van der Waals surface area contributed by atoms with Crippen LogP contribution in [0.15, 0.2) is 0 Å². The van der Waals surface area contributed by atoms with Crippen LogP contribution >= 0.6 is 0 Å². The van der Waals surface area contributed by atoms with Gasteiger partial charge in [-0.3, -0.25) is 0 Å². The van der Waals surface area contributed by atoms with Gasteiger partial charge in [0.1, 0.15) is 10.5 Å². The molecule has 2 heteroatoms. The van der Waals surface area contributed by atoms with Gasteiger partial charge in [0, 0.05) is 6.61 Å². The van der Waals surface area contributed by atoms with E-state index in [9.17, 15) is 0 Å². The molecule has 0 aliphatic carbocycles. The molecule has 0 aromatic carbocycles. The largest absolute Gasteiger partial charge is 0.428 e. The Morgan fingerprint density at radius 1 is 1.08 bits per heavy atom. The maximum atomic E-state index is 5.14. The molecule has 1 nitrogen and oxygen atoms in total. The SMILES string of the molecule is CCC(CC)CCCCCO[SiH3]. The van der Waals surface area contributed by atoms with E-state index in [1.807, 2.05) is 0 Å². The van der Waals surface area contributed by atoms with Crippen LogP contribution in [0.25, 0.3) is 0 Å². The summed E-state index contributed by atoms with van der Waals surface area (Å²) in [6.45, 7) is 5.60. The Balaban J connectivity index is 3.06. The van der Waals surface area contributed by atoms with Gasteiger partial charge >= 0.3 is 0 Å². The van der Waals surface area contributed by atoms with Crippen LogP contribution in [0, 0.1) is 5.92 Å². The van der Waals surface area contributed by atoms with Crippen LogP contribution in [0.3, 0.4) is 0 Å². The van der Waals surface area contributed by atoms with E-state index in [0.29, 0.717) is 0 Å². The number of unbranched alkanes of at least 4 members (excludes halogenated alkanes) is 2. The Morgan fingerprint density at radius 2 is 1.75 bits per heavy atom. The van der Waals surface area contributed by atoms with Crippen molar-refractivity contribution in [2.45, 2.75) is 52.4 Å². The van der Waals surface area contributed by atoms with Crippen molar-refractivity contribution < 1.29 is 4.43 Å². The summed E-state index contributed by atoms with van der Waals surface area (Å²) in [6.07, 6.45) is 8.16. The molecule has 0 spiro atoms. The molecule has 0 aromatic rings. The Morgan fingerprint density at radius 3 is 2.25 bits per heavy atom. The lowest BCUT2D eigenvalue weighted by molar-refractivity contribution is 0.327. The van der Waals surface area contributed by atoms with Crippen LogP contribution in [0.2, 0.25) is 0 Å². The summed E-state index contributed by atoms with van der Waals surface area (Å²) in [5.41, 5.74) is 0. The monoisotopic (exact) mass is 188 g/mol. The zero-order valence-corrected chi connectivity index (χ0v) is 10.9. The molecule has 0 fully saturated rings. The van der Waals surface area contributed by atoms with Crippen LogP contribution < -0.4 is 0 Å². The topological polar surface area (TPSA) is 9.23 Å². The minimum atomic E-state index is 0.905. The van der Waals surface area contributed by atoms with Crippen LogP contribution in [0.1, 0.15) is 52.4 Å². The zero-order valence-electron chi connectivity index (χ0n) is 8.94. The van der Waals surface area contributed by atoms with Gasteiger partial charge < -0.3 is 4.43 Å². The van der Waals surface area contributed by atoms with Gasteiger partial charge in [0.05, 0.1) is 0 Å². The highest BCUT2D eigenvalue weighted by Gasteiger charge is 2.01. The van der Waals surface area contributed by atoms with Crippen molar-refractivity contribution in [3.05, 3.63) is 0 Å². The molecule has 0 amide bonds. The first-order valence-electron chi connectivity index (χ1n) is 5.34. The summed E-state index contributed by atoms with van der Waals surface area (Å²) >= 11 is 0. The molecular weight excluding hydrogens is 164 g/mol. The quantitative estimate of drug-likeness (QED) is 0.419. The summed E-state index contributed by atoms with van der Waals surface area (Å²) in [4.78, 5) is 0. The molecule has 0 rings (SSSR count). The molecule has 0 aliphatic rings. The number of hydrogen-bond acceptors (Lipinski definition) is 1. The van der Waals surface area contributed by atoms with E-state index >= 15 is 0 Å². The second kappa shape index (κ2) is 9.27. The fourth-order valence-electron chi connectivity index (χ4n) is 1.55. The number of hydrogen-bond donors (Lipinski definition) is 0. The van der Waals surface area contributed by atoms with Crippen molar-refractivity contribution in [2.24, 2.45) is 5.92 Å². The van der Waals surface area contributed by atoms with Gasteiger partial charge in [-0.2, -0.15) is 0 Å². The van der Waals surface area contributed by atoms with Crippen LogP contribution in [-0.4, -0.2) is 17.1 Å². The molecule has 0 unspecified atom stereocenters. The number of rotatable bonds is 8. The van der Waals surface area contributed by atoms with Gasteiger partial charge in [0.25, 0.3) is 0 Å². The van der Waals surface area contributed by atoms with Crippen LogP contribution in [0.4, 0.5) is 0 Å². The third-order valence-electron chi connectivity index (χ3n) is 2.62. The molecule has 0 bridgehead atoms. The van der Waals surface area contributed by atoms with Gasteiger partial charge in [0.15, 0.2) is 0 Å². The third-order valence-corrected chi connectivity index (χ3v) is 3.02. The van der Waals surface area contributed by atoms with Gasteiger partial charge in [0.2, 0.25) is 0 Å². The van der Waals surface area contributed by atoms with Crippen LogP contribution in [-0.2, 0) is 4.43 Å². The fourth-order valence-corrected chi connectivity index (χ4v) is 1.84. The van der Waals surface area contributed by atoms with E-state index in [4.69, 9.17) is 4.43 Å². The van der Waals surface area contributed by atoms with Crippen molar-refractivity contribution in [1.82, 2.24) is 0 Å². The highest BCUT2D eigenvalue weighted by Crippen LogP contribution is 2.16. The predicted molar refractivity (Wildman–Crippen MR) is 58.4 cm³/mol. The predicted octanol–water partition coefficient (Wildman–Crippen LogP) is 2.28. The van der Waals surface area contributed by atoms with E-state index in [2.05, 4.69) is 13.8 Å². The van der Waals surface area contributed by atoms with Gasteiger partial charge in [-0.05, 0) is 12.3 Å². The molecule has 0 saturated heterocycles. The molecule has 0 saturated carbocycles. The second-order valence-electron chi connectivity index (χ2n) is 3.52. The summed E-state index contributed by atoms with van der Waals surface area (Å²) in [5.74, 6) is 0.974. The Bertz CT molecular complexity index is 81.9. The van der Waals surface area contributed by atoms with Crippen molar-refractivity contribution in [3.8, 4) is 0 Å². The van der Waals surface area contributed by atoms with E-state index in [0.717, 1.165) is 23.0 Å². The lowest BCUT2D eigenvalue weighted by atomic mass is 9.96. The van der Waals surface area contributed by atoms with Gasteiger partial charge in [-0.15, -0.1) is 0 Å². The summed E-state index contributed by atoms with van der Waals surface area (Å²) < 4.78 is 5.14. The van der Waals surface area contributed by atoms with Crippen molar-refractivity contribution in [3.63, 3.8) is 0 Å². The van der Waals surface area contributed by atoms with Crippen molar-refractivity contribution in [2.75, 3.05) is 6.61 Å².